The van der Waals surface area contributed by atoms with E-state index in [2.05, 4.69) is 24.0 Å². The van der Waals surface area contributed by atoms with Crippen LogP contribution < -0.4 is 4.74 Å². The second-order valence-electron chi connectivity index (χ2n) is 6.53. The minimum absolute atomic E-state index is 0.0804. The van der Waals surface area contributed by atoms with Gasteiger partial charge in [-0.05, 0) is 64.2 Å². The number of carbonyl (C=O) groups excluding carboxylic acids is 3. The molecule has 0 aliphatic carbocycles. The number of rotatable bonds is 12. The molecule has 6 nitrogen and oxygen atoms in total. The summed E-state index contributed by atoms with van der Waals surface area (Å²) in [4.78, 5) is 30.8. The van der Waals surface area contributed by atoms with Crippen molar-refractivity contribution in [2.45, 2.75) is 46.5 Å². The number of esters is 2. The molecule has 0 heterocycles. The van der Waals surface area contributed by atoms with Crippen molar-refractivity contribution in [1.29, 1.82) is 0 Å². The van der Waals surface area contributed by atoms with E-state index in [-0.39, 0.29) is 18.0 Å². The Hall–Kier alpha value is -3.15. The molecule has 0 saturated heterocycles. The van der Waals surface area contributed by atoms with Gasteiger partial charge in [-0.3, -0.25) is 4.79 Å². The molecule has 30 heavy (non-hydrogen) atoms. The predicted octanol–water partition coefficient (Wildman–Crippen LogP) is 5.04. The summed E-state index contributed by atoms with van der Waals surface area (Å²) in [5.74, 6) is -0.0756. The fourth-order valence-electron chi connectivity index (χ4n) is 2.05. The number of hydrogen-bond donors (Lipinski definition) is 0. The lowest BCUT2D eigenvalue weighted by Crippen LogP contribution is -2.06. The van der Waals surface area contributed by atoms with E-state index in [0.29, 0.717) is 18.8 Å². The van der Waals surface area contributed by atoms with Crippen LogP contribution in [0.3, 0.4) is 0 Å². The van der Waals surface area contributed by atoms with Crippen molar-refractivity contribution >= 4 is 24.5 Å². The zero-order chi connectivity index (χ0) is 22.8. The van der Waals surface area contributed by atoms with E-state index in [9.17, 15) is 14.4 Å². The minimum Gasteiger partial charge on any atom is -0.494 e. The molecule has 0 amide bonds. The molecule has 0 aliphatic heterocycles. The Balaban J connectivity index is 0.000000890. The third-order valence-electron chi connectivity index (χ3n) is 3.63. The Morgan fingerprint density at radius 3 is 1.93 bits per heavy atom. The fourth-order valence-corrected chi connectivity index (χ4v) is 2.05. The summed E-state index contributed by atoms with van der Waals surface area (Å²) in [5.41, 5.74) is 1.85. The summed E-state index contributed by atoms with van der Waals surface area (Å²) in [5, 5.41) is 0. The summed E-state index contributed by atoms with van der Waals surface area (Å²) < 4.78 is 14.6. The zero-order valence-electron chi connectivity index (χ0n) is 18.1. The van der Waals surface area contributed by atoms with Gasteiger partial charge in [-0.25, -0.2) is 9.59 Å². The molecule has 0 radical (unpaired) electrons. The molecule has 0 saturated carbocycles. The Bertz CT molecular complexity index is 716. The Labute approximate surface area is 179 Å². The highest BCUT2D eigenvalue weighted by atomic mass is 16.6. The summed E-state index contributed by atoms with van der Waals surface area (Å²) >= 11 is 0. The highest BCUT2D eigenvalue weighted by molar-refractivity contribution is 5.90. The molecule has 0 aromatic heterocycles. The third kappa shape index (κ3) is 13.9. The summed E-state index contributed by atoms with van der Waals surface area (Å²) in [7, 11) is 0. The van der Waals surface area contributed by atoms with Crippen molar-refractivity contribution in [3.05, 3.63) is 60.2 Å². The lowest BCUT2D eigenvalue weighted by Gasteiger charge is -2.07. The molecular formula is C24H32O6. The van der Waals surface area contributed by atoms with Crippen LogP contribution >= 0.6 is 0 Å². The van der Waals surface area contributed by atoms with Gasteiger partial charge in [0.15, 0.2) is 0 Å². The van der Waals surface area contributed by atoms with Gasteiger partial charge in [0.2, 0.25) is 0 Å². The van der Waals surface area contributed by atoms with E-state index in [0.717, 1.165) is 31.4 Å². The van der Waals surface area contributed by atoms with Crippen molar-refractivity contribution in [2.75, 3.05) is 13.2 Å². The van der Waals surface area contributed by atoms with Gasteiger partial charge < -0.3 is 14.2 Å². The smallest absolute Gasteiger partial charge is 0.340 e. The average Bonchev–Trinajstić information content (AvgIpc) is 2.71. The number of unbranched alkanes of at least 4 members (excludes halogenated alkanes) is 3. The minimum atomic E-state index is -0.681. The summed E-state index contributed by atoms with van der Waals surface area (Å²) in [6, 6.07) is 8.08. The molecule has 0 unspecified atom stereocenters. The normalized spacial score (nSPS) is 9.83. The van der Waals surface area contributed by atoms with E-state index in [1.807, 2.05) is 37.3 Å². The molecule has 1 rings (SSSR count). The summed E-state index contributed by atoms with van der Waals surface area (Å²) in [6.45, 7) is 13.2. The van der Waals surface area contributed by atoms with Gasteiger partial charge >= 0.3 is 18.4 Å². The van der Waals surface area contributed by atoms with Gasteiger partial charge in [-0.15, -0.1) is 0 Å². The molecule has 0 aliphatic rings. The quantitative estimate of drug-likeness (QED) is 0.156. The van der Waals surface area contributed by atoms with E-state index in [4.69, 9.17) is 9.47 Å². The van der Waals surface area contributed by atoms with Crippen LogP contribution in [0, 0.1) is 0 Å². The van der Waals surface area contributed by atoms with Crippen molar-refractivity contribution < 1.29 is 28.6 Å². The van der Waals surface area contributed by atoms with Gasteiger partial charge in [-0.2, -0.15) is 0 Å². The van der Waals surface area contributed by atoms with Crippen LogP contribution in [0.15, 0.2) is 54.6 Å². The Kier molecular flexibility index (Phi) is 15.0. The molecule has 1 aromatic rings. The van der Waals surface area contributed by atoms with Crippen molar-refractivity contribution in [1.82, 2.24) is 0 Å². The maximum absolute atomic E-state index is 11.2. The molecule has 0 atom stereocenters. The zero-order valence-corrected chi connectivity index (χ0v) is 18.1. The number of benzene rings is 1. The fraction of sp³-hybridized carbons (Fsp3) is 0.375. The standard InChI is InChI=1S/C19H26O3.C5H6O3/c1-4-9-17-10-12-18(13-11-17)21-14-7-5-6-8-15-22-19(20)16(2)3;1-4(2)5(7)8-3-6/h4,9-13H,2,5-8,14-15H2,1,3H3;3H,1H2,2H3/b9-4+;. The first kappa shape index (κ1) is 26.9. The second-order valence-corrected chi connectivity index (χ2v) is 6.53. The lowest BCUT2D eigenvalue weighted by atomic mass is 10.2. The lowest BCUT2D eigenvalue weighted by molar-refractivity contribution is -0.148. The van der Waals surface area contributed by atoms with E-state index in [1.165, 1.54) is 12.5 Å². The summed E-state index contributed by atoms with van der Waals surface area (Å²) in [6.07, 6.45) is 8.07. The first-order valence-electron chi connectivity index (χ1n) is 9.80. The van der Waals surface area contributed by atoms with Gasteiger partial charge in [0.05, 0.1) is 13.2 Å². The average molecular weight is 417 g/mol. The van der Waals surface area contributed by atoms with Crippen LogP contribution in [0.4, 0.5) is 0 Å². The molecule has 0 N–H and O–H groups in total. The predicted molar refractivity (Wildman–Crippen MR) is 118 cm³/mol. The highest BCUT2D eigenvalue weighted by Gasteiger charge is 2.02. The molecule has 0 bridgehead atoms. The van der Waals surface area contributed by atoms with E-state index < -0.39 is 5.97 Å². The second kappa shape index (κ2) is 16.8. The van der Waals surface area contributed by atoms with Crippen LogP contribution in [0.2, 0.25) is 0 Å². The van der Waals surface area contributed by atoms with Gasteiger partial charge in [0.1, 0.15) is 5.75 Å². The first-order valence-corrected chi connectivity index (χ1v) is 9.80. The van der Waals surface area contributed by atoms with Crippen LogP contribution in [0.1, 0.15) is 52.0 Å². The van der Waals surface area contributed by atoms with Crippen molar-refractivity contribution in [3.63, 3.8) is 0 Å². The maximum atomic E-state index is 11.2. The number of hydrogen-bond acceptors (Lipinski definition) is 6. The number of allylic oxidation sites excluding steroid dienone is 1. The largest absolute Gasteiger partial charge is 0.494 e. The SMILES string of the molecule is C=C(C)C(=O)OC=O.C=C(C)C(=O)OCCCCCCOc1ccc(/C=C/C)cc1. The maximum Gasteiger partial charge on any atom is 0.340 e. The monoisotopic (exact) mass is 416 g/mol. The van der Waals surface area contributed by atoms with Crippen molar-refractivity contribution in [3.8, 4) is 5.75 Å². The van der Waals surface area contributed by atoms with Gasteiger partial charge in [-0.1, -0.05) is 37.4 Å². The highest BCUT2D eigenvalue weighted by Crippen LogP contribution is 2.14. The van der Waals surface area contributed by atoms with Crippen molar-refractivity contribution in [2.24, 2.45) is 0 Å². The van der Waals surface area contributed by atoms with Gasteiger partial charge in [0.25, 0.3) is 0 Å². The molecular weight excluding hydrogens is 384 g/mol. The number of carbonyl (C=O) groups is 3. The molecule has 0 fully saturated rings. The topological polar surface area (TPSA) is 78.9 Å². The molecule has 0 spiro atoms. The van der Waals surface area contributed by atoms with Crippen LogP contribution in [0.25, 0.3) is 6.08 Å². The third-order valence-corrected chi connectivity index (χ3v) is 3.63. The van der Waals surface area contributed by atoms with E-state index >= 15 is 0 Å². The van der Waals surface area contributed by atoms with Gasteiger partial charge in [0, 0.05) is 11.1 Å². The molecule has 6 heteroatoms. The van der Waals surface area contributed by atoms with Crippen LogP contribution in [-0.2, 0) is 23.9 Å². The Morgan fingerprint density at radius 2 is 1.47 bits per heavy atom. The molecule has 164 valence electrons. The Morgan fingerprint density at radius 1 is 0.900 bits per heavy atom. The van der Waals surface area contributed by atoms with E-state index in [1.54, 1.807) is 6.92 Å². The van der Waals surface area contributed by atoms with Crippen LogP contribution in [0.5, 0.6) is 5.75 Å². The first-order chi connectivity index (χ1) is 14.3. The number of ether oxygens (including phenoxy) is 3. The van der Waals surface area contributed by atoms with Crippen LogP contribution in [-0.4, -0.2) is 31.6 Å². The molecule has 1 aromatic carbocycles.